The van der Waals surface area contributed by atoms with Gasteiger partial charge in [-0.25, -0.2) is 0 Å². The Kier molecular flexibility index (Phi) is 4.05. The summed E-state index contributed by atoms with van der Waals surface area (Å²) in [5, 5.41) is 0. The van der Waals surface area contributed by atoms with Crippen molar-refractivity contribution < 1.29 is 4.79 Å². The van der Waals surface area contributed by atoms with Gasteiger partial charge in [0, 0.05) is 16.5 Å². The second-order valence-electron chi connectivity index (χ2n) is 4.45. The number of rotatable bonds is 4. The van der Waals surface area contributed by atoms with Crippen molar-refractivity contribution in [3.8, 4) is 0 Å². The normalized spacial score (nSPS) is 11.5. The van der Waals surface area contributed by atoms with E-state index in [0.29, 0.717) is 13.0 Å². The van der Waals surface area contributed by atoms with E-state index >= 15 is 0 Å². The summed E-state index contributed by atoms with van der Waals surface area (Å²) in [6.07, 6.45) is 0.478. The minimum atomic E-state index is -0.133. The van der Waals surface area contributed by atoms with E-state index in [4.69, 9.17) is 5.73 Å². The fourth-order valence-corrected chi connectivity index (χ4v) is 1.80. The number of halogens is 1. The van der Waals surface area contributed by atoms with E-state index in [-0.39, 0.29) is 11.2 Å². The Hall–Kier alpha value is -0.670. The summed E-state index contributed by atoms with van der Waals surface area (Å²) in [7, 11) is 0. The van der Waals surface area contributed by atoms with E-state index in [0.717, 1.165) is 10.0 Å². The van der Waals surface area contributed by atoms with Crippen molar-refractivity contribution in [3.05, 3.63) is 34.3 Å². The van der Waals surface area contributed by atoms with Gasteiger partial charge in [0.25, 0.3) is 0 Å². The maximum atomic E-state index is 12.0. The largest absolute Gasteiger partial charge is 0.330 e. The average molecular weight is 270 g/mol. The van der Waals surface area contributed by atoms with E-state index < -0.39 is 0 Å². The molecule has 0 saturated heterocycles. The fraction of sp³-hybridized carbons (Fsp3) is 0.417. The molecule has 82 valence electrons. The zero-order valence-electron chi connectivity index (χ0n) is 9.09. The van der Waals surface area contributed by atoms with Crippen LogP contribution in [0.1, 0.15) is 30.6 Å². The molecule has 0 saturated carbocycles. The molecule has 0 aromatic heterocycles. The second kappa shape index (κ2) is 4.90. The predicted molar refractivity (Wildman–Crippen MR) is 65.9 cm³/mol. The average Bonchev–Trinajstić information content (AvgIpc) is 2.17. The molecular formula is C12H16BrNO. The molecule has 0 aliphatic carbocycles. The van der Waals surface area contributed by atoms with E-state index in [2.05, 4.69) is 15.9 Å². The Morgan fingerprint density at radius 1 is 1.40 bits per heavy atom. The summed E-state index contributed by atoms with van der Waals surface area (Å²) in [6.45, 7) is 4.52. The van der Waals surface area contributed by atoms with Crippen LogP contribution in [0.5, 0.6) is 0 Å². The third kappa shape index (κ3) is 3.43. The topological polar surface area (TPSA) is 43.1 Å². The first kappa shape index (κ1) is 12.4. The summed E-state index contributed by atoms with van der Waals surface area (Å²) in [6, 6.07) is 7.48. The third-order valence-electron chi connectivity index (χ3n) is 2.37. The highest BCUT2D eigenvalue weighted by atomic mass is 79.9. The molecule has 1 rings (SSSR count). The van der Waals surface area contributed by atoms with Crippen molar-refractivity contribution in [2.24, 2.45) is 11.1 Å². The maximum absolute atomic E-state index is 12.0. The quantitative estimate of drug-likeness (QED) is 0.854. The molecular weight excluding hydrogens is 254 g/mol. The minimum Gasteiger partial charge on any atom is -0.330 e. The van der Waals surface area contributed by atoms with Crippen LogP contribution in [0.15, 0.2) is 28.7 Å². The van der Waals surface area contributed by atoms with Gasteiger partial charge < -0.3 is 5.73 Å². The van der Waals surface area contributed by atoms with Crippen LogP contribution < -0.4 is 5.73 Å². The van der Waals surface area contributed by atoms with Crippen LogP contribution in [-0.4, -0.2) is 12.3 Å². The number of hydrogen-bond donors (Lipinski definition) is 1. The van der Waals surface area contributed by atoms with Crippen LogP contribution in [0.4, 0.5) is 0 Å². The first-order valence-corrected chi connectivity index (χ1v) is 5.73. The summed E-state index contributed by atoms with van der Waals surface area (Å²) in [5.74, 6) is 0.137. The van der Waals surface area contributed by atoms with Crippen molar-refractivity contribution in [1.82, 2.24) is 0 Å². The highest BCUT2D eigenvalue weighted by Crippen LogP contribution is 2.24. The molecule has 2 N–H and O–H groups in total. The van der Waals surface area contributed by atoms with Crippen molar-refractivity contribution in [2.75, 3.05) is 6.54 Å². The summed E-state index contributed by atoms with van der Waals surface area (Å²) < 4.78 is 0.850. The number of hydrogen-bond acceptors (Lipinski definition) is 2. The summed E-state index contributed by atoms with van der Waals surface area (Å²) in [5.41, 5.74) is 6.21. The first-order valence-electron chi connectivity index (χ1n) is 4.94. The van der Waals surface area contributed by atoms with Gasteiger partial charge in [0.2, 0.25) is 0 Å². The Labute approximate surface area is 99.0 Å². The number of nitrogens with two attached hydrogens (primary N) is 1. The van der Waals surface area contributed by atoms with Gasteiger partial charge in [-0.15, -0.1) is 0 Å². The molecule has 0 fully saturated rings. The summed E-state index contributed by atoms with van der Waals surface area (Å²) >= 11 is 3.37. The number of ketones is 1. The number of benzene rings is 1. The summed E-state index contributed by atoms with van der Waals surface area (Å²) in [4.78, 5) is 12.0. The zero-order valence-corrected chi connectivity index (χ0v) is 10.7. The standard InChI is InChI=1S/C12H16BrNO/c1-12(2,8-14)7-11(15)9-5-3-4-6-10(9)13/h3-6H,7-8,14H2,1-2H3. The molecule has 0 amide bonds. The zero-order chi connectivity index (χ0) is 11.5. The molecule has 0 atom stereocenters. The van der Waals surface area contributed by atoms with Crippen LogP contribution in [0, 0.1) is 5.41 Å². The smallest absolute Gasteiger partial charge is 0.164 e. The van der Waals surface area contributed by atoms with E-state index in [1.54, 1.807) is 0 Å². The number of Topliss-reactive ketones (excluding diaryl/α,β-unsaturated/α-hetero) is 1. The van der Waals surface area contributed by atoms with Gasteiger partial charge in [-0.3, -0.25) is 4.79 Å². The Morgan fingerprint density at radius 3 is 2.53 bits per heavy atom. The van der Waals surface area contributed by atoms with Gasteiger partial charge in [-0.1, -0.05) is 48.0 Å². The highest BCUT2D eigenvalue weighted by molar-refractivity contribution is 9.10. The van der Waals surface area contributed by atoms with Crippen LogP contribution in [0.2, 0.25) is 0 Å². The molecule has 1 aromatic rings. The van der Waals surface area contributed by atoms with Crippen molar-refractivity contribution >= 4 is 21.7 Å². The molecule has 15 heavy (non-hydrogen) atoms. The number of carbonyl (C=O) groups excluding carboxylic acids is 1. The SMILES string of the molecule is CC(C)(CN)CC(=O)c1ccccc1Br. The predicted octanol–water partition coefficient (Wildman–Crippen LogP) is 3.01. The lowest BCUT2D eigenvalue weighted by Gasteiger charge is -2.21. The van der Waals surface area contributed by atoms with Gasteiger partial charge in [0.15, 0.2) is 5.78 Å². The Morgan fingerprint density at radius 2 is 2.00 bits per heavy atom. The Bertz CT molecular complexity index is 360. The molecule has 0 bridgehead atoms. The van der Waals surface area contributed by atoms with Crippen LogP contribution in [-0.2, 0) is 0 Å². The lowest BCUT2D eigenvalue weighted by Crippen LogP contribution is -2.26. The van der Waals surface area contributed by atoms with Crippen molar-refractivity contribution in [1.29, 1.82) is 0 Å². The van der Waals surface area contributed by atoms with Gasteiger partial charge in [-0.2, -0.15) is 0 Å². The van der Waals surface area contributed by atoms with Crippen molar-refractivity contribution in [3.63, 3.8) is 0 Å². The highest BCUT2D eigenvalue weighted by Gasteiger charge is 2.21. The molecule has 0 aliphatic rings. The van der Waals surface area contributed by atoms with Gasteiger partial charge in [0.1, 0.15) is 0 Å². The van der Waals surface area contributed by atoms with Gasteiger partial charge in [0.05, 0.1) is 0 Å². The molecule has 3 heteroatoms. The van der Waals surface area contributed by atoms with Gasteiger partial charge >= 0.3 is 0 Å². The first-order chi connectivity index (χ1) is 6.96. The van der Waals surface area contributed by atoms with Crippen LogP contribution in [0.25, 0.3) is 0 Å². The minimum absolute atomic E-state index is 0.133. The lowest BCUT2D eigenvalue weighted by atomic mass is 9.86. The second-order valence-corrected chi connectivity index (χ2v) is 5.30. The third-order valence-corrected chi connectivity index (χ3v) is 3.06. The molecule has 0 radical (unpaired) electrons. The van der Waals surface area contributed by atoms with E-state index in [1.807, 2.05) is 38.1 Å². The monoisotopic (exact) mass is 269 g/mol. The van der Waals surface area contributed by atoms with Gasteiger partial charge in [-0.05, 0) is 18.0 Å². The van der Waals surface area contributed by atoms with E-state index in [9.17, 15) is 4.79 Å². The molecule has 1 aromatic carbocycles. The maximum Gasteiger partial charge on any atom is 0.164 e. The number of carbonyl (C=O) groups is 1. The molecule has 0 aliphatic heterocycles. The lowest BCUT2D eigenvalue weighted by molar-refractivity contribution is 0.0934. The molecule has 0 heterocycles. The Balaban J connectivity index is 2.83. The fourth-order valence-electron chi connectivity index (χ4n) is 1.29. The van der Waals surface area contributed by atoms with E-state index in [1.165, 1.54) is 0 Å². The van der Waals surface area contributed by atoms with Crippen molar-refractivity contribution in [2.45, 2.75) is 20.3 Å². The molecule has 2 nitrogen and oxygen atoms in total. The molecule has 0 spiro atoms. The van der Waals surface area contributed by atoms with Crippen LogP contribution >= 0.6 is 15.9 Å². The molecule has 0 unspecified atom stereocenters. The van der Waals surface area contributed by atoms with Crippen LogP contribution in [0.3, 0.4) is 0 Å².